The molecule has 0 N–H and O–H groups in total. The summed E-state index contributed by atoms with van der Waals surface area (Å²) in [4.78, 5) is 12.1. The number of Topliss-reactive ketones (excluding diaryl/α,β-unsaturated/α-hetero) is 1. The van der Waals surface area contributed by atoms with Gasteiger partial charge in [0.15, 0.2) is 5.78 Å². The van der Waals surface area contributed by atoms with Gasteiger partial charge in [-0.3, -0.25) is 4.79 Å². The van der Waals surface area contributed by atoms with Gasteiger partial charge in [-0.1, -0.05) is 54.6 Å². The zero-order valence-corrected chi connectivity index (χ0v) is 15.6. The summed E-state index contributed by atoms with van der Waals surface area (Å²) in [5, 5.41) is 14.0. The third-order valence-electron chi connectivity index (χ3n) is 3.52. The lowest BCUT2D eigenvalue weighted by molar-refractivity contribution is -0.356. The molecule has 0 atom stereocenters. The summed E-state index contributed by atoms with van der Waals surface area (Å²) < 4.78 is 33.5. The van der Waals surface area contributed by atoms with Crippen LogP contribution in [0.4, 0.5) is 0 Å². The molecule has 0 saturated carbocycles. The molecule has 6 nitrogen and oxygen atoms in total. The monoisotopic (exact) mass is 400 g/mol. The molecule has 0 unspecified atom stereocenters. The Hall–Kier alpha value is -2.97. The average Bonchev–Trinajstić information content (AvgIpc) is 3.22. The van der Waals surface area contributed by atoms with Gasteiger partial charge in [-0.05, 0) is 17.5 Å². The first kappa shape index (κ1) is 18.8. The van der Waals surface area contributed by atoms with E-state index in [1.807, 2.05) is 0 Å². The molecule has 8 heteroatoms. The van der Waals surface area contributed by atoms with E-state index >= 15 is 0 Å². The van der Waals surface area contributed by atoms with Gasteiger partial charge < -0.3 is 9.84 Å². The van der Waals surface area contributed by atoms with Crippen LogP contribution in [0.1, 0.15) is 10.4 Å². The topological polar surface area (TPSA) is 95.9 Å². The predicted molar refractivity (Wildman–Crippen MR) is 101 cm³/mol. The number of benzene rings is 1. The summed E-state index contributed by atoms with van der Waals surface area (Å²) in [6.07, 6.45) is 5.93. The maximum Gasteiger partial charge on any atom is 0.292 e. The van der Waals surface area contributed by atoms with Crippen LogP contribution in [0.25, 0.3) is 0 Å². The molecule has 0 bridgehead atoms. The molecule has 1 aliphatic rings. The van der Waals surface area contributed by atoms with Gasteiger partial charge in [0, 0.05) is 11.1 Å². The van der Waals surface area contributed by atoms with E-state index in [0.717, 1.165) is 11.3 Å². The van der Waals surface area contributed by atoms with Crippen molar-refractivity contribution in [3.05, 3.63) is 89.2 Å². The molecule has 1 aromatic heterocycles. The molecule has 138 valence electrons. The van der Waals surface area contributed by atoms with Gasteiger partial charge in [0.25, 0.3) is 10.0 Å². The highest BCUT2D eigenvalue weighted by Gasteiger charge is 2.17. The number of rotatable bonds is 6. The number of ether oxygens (including phenoxy) is 1. The molecule has 0 radical (unpaired) electrons. The fraction of sp³-hybridized carbons (Fsp3) is 0.0526. The van der Waals surface area contributed by atoms with Crippen molar-refractivity contribution in [1.29, 1.82) is 0 Å². The minimum absolute atomic E-state index is 0.0292. The number of carbonyl (C=O) groups excluding carboxylic acids is 1. The molecule has 1 aliphatic carbocycles. The Morgan fingerprint density at radius 2 is 1.81 bits per heavy atom. The second-order valence-electron chi connectivity index (χ2n) is 5.38. The lowest BCUT2D eigenvalue weighted by Crippen LogP contribution is -2.20. The largest absolute Gasteiger partial charge is 0.605 e. The van der Waals surface area contributed by atoms with Gasteiger partial charge in [-0.2, -0.15) is 12.8 Å². The highest BCUT2D eigenvalue weighted by molar-refractivity contribution is 7.92. The minimum atomic E-state index is -3.93. The fourth-order valence-corrected chi connectivity index (χ4v) is 4.20. The van der Waals surface area contributed by atoms with Crippen molar-refractivity contribution in [2.75, 3.05) is 6.61 Å². The van der Waals surface area contributed by atoms with Crippen molar-refractivity contribution in [2.24, 2.45) is 4.40 Å². The Morgan fingerprint density at radius 3 is 2.52 bits per heavy atom. The van der Waals surface area contributed by atoms with Gasteiger partial charge in [0.1, 0.15) is 4.21 Å². The Morgan fingerprint density at radius 1 is 1.07 bits per heavy atom. The average molecular weight is 400 g/mol. The molecule has 0 amide bonds. The lowest BCUT2D eigenvalue weighted by Gasteiger charge is -2.19. The van der Waals surface area contributed by atoms with Crippen LogP contribution >= 0.6 is 11.3 Å². The molecule has 0 fully saturated rings. The van der Waals surface area contributed by atoms with Gasteiger partial charge in [-0.25, -0.2) is 0 Å². The first-order chi connectivity index (χ1) is 13.0. The number of sulfonamides is 1. The van der Waals surface area contributed by atoms with E-state index in [9.17, 15) is 18.3 Å². The van der Waals surface area contributed by atoms with Crippen molar-refractivity contribution in [3.8, 4) is 0 Å². The van der Waals surface area contributed by atoms with Crippen LogP contribution in [-0.4, -0.2) is 26.5 Å². The van der Waals surface area contributed by atoms with Crippen LogP contribution in [0, 0.1) is 0 Å². The van der Waals surface area contributed by atoms with Crippen molar-refractivity contribution >= 4 is 32.9 Å². The molecular weight excluding hydrogens is 386 g/mol. The van der Waals surface area contributed by atoms with Crippen LogP contribution in [0.5, 0.6) is 0 Å². The normalized spacial score (nSPS) is 17.1. The van der Waals surface area contributed by atoms with E-state index in [2.05, 4.69) is 4.40 Å². The van der Waals surface area contributed by atoms with E-state index in [4.69, 9.17) is 4.74 Å². The van der Waals surface area contributed by atoms with Crippen LogP contribution in [0.2, 0.25) is 0 Å². The molecule has 0 saturated heterocycles. The molecule has 0 aliphatic heterocycles. The van der Waals surface area contributed by atoms with Gasteiger partial charge in [0.2, 0.25) is 0 Å². The molecular formula is C19H14NO5S2-. The summed E-state index contributed by atoms with van der Waals surface area (Å²) in [6, 6.07) is 11.5. The standard InChI is InChI=1S/C19H15NO5S2/c21-17(14-7-2-1-3-8-14)13-25-19(22)15-9-4-5-10-16(15)20-27(23,24)18-11-6-12-26-18/h1-12,22H,13H2/p-1. The fourth-order valence-electron chi connectivity index (χ4n) is 2.23. The maximum atomic E-state index is 12.3. The molecule has 3 rings (SSSR count). The predicted octanol–water partition coefficient (Wildman–Crippen LogP) is 2.48. The van der Waals surface area contributed by atoms with Gasteiger partial charge in [-0.15, -0.1) is 11.3 Å². The summed E-state index contributed by atoms with van der Waals surface area (Å²) in [6.45, 7) is -0.450. The quantitative estimate of drug-likeness (QED) is 0.548. The van der Waals surface area contributed by atoms with Crippen LogP contribution in [-0.2, 0) is 14.8 Å². The summed E-state index contributed by atoms with van der Waals surface area (Å²) in [7, 11) is -3.93. The molecule has 27 heavy (non-hydrogen) atoms. The Labute approximate surface area is 160 Å². The highest BCUT2D eigenvalue weighted by atomic mass is 32.2. The number of carbonyl (C=O) groups is 1. The molecule has 2 aromatic rings. The first-order valence-electron chi connectivity index (χ1n) is 7.83. The molecule has 1 heterocycles. The lowest BCUT2D eigenvalue weighted by atomic mass is 10.1. The smallest absolute Gasteiger partial charge is 0.292 e. The van der Waals surface area contributed by atoms with Crippen molar-refractivity contribution < 1.29 is 23.1 Å². The summed E-state index contributed by atoms with van der Waals surface area (Å²) >= 11 is 1.03. The second-order valence-corrected chi connectivity index (χ2v) is 8.16. The maximum absolute atomic E-state index is 12.3. The number of hydrogen-bond donors (Lipinski definition) is 0. The van der Waals surface area contributed by atoms with Crippen LogP contribution < -0.4 is 5.11 Å². The molecule has 1 aromatic carbocycles. The van der Waals surface area contributed by atoms with E-state index in [0.29, 0.717) is 5.56 Å². The second kappa shape index (κ2) is 8.15. The van der Waals surface area contributed by atoms with E-state index < -0.39 is 22.6 Å². The Kier molecular flexibility index (Phi) is 5.68. The summed E-state index contributed by atoms with van der Waals surface area (Å²) in [5.41, 5.74) is 0.352. The van der Waals surface area contributed by atoms with Crippen molar-refractivity contribution in [2.45, 2.75) is 4.21 Å². The zero-order chi connectivity index (χ0) is 19.3. The zero-order valence-electron chi connectivity index (χ0n) is 13.9. The van der Waals surface area contributed by atoms with Crippen molar-refractivity contribution in [3.63, 3.8) is 0 Å². The van der Waals surface area contributed by atoms with Gasteiger partial charge in [0.05, 0.1) is 18.3 Å². The Bertz CT molecular complexity index is 1050. The van der Waals surface area contributed by atoms with E-state index in [-0.39, 0.29) is 21.3 Å². The highest BCUT2D eigenvalue weighted by Crippen LogP contribution is 2.21. The summed E-state index contributed by atoms with van der Waals surface area (Å²) in [5.74, 6) is -1.18. The molecule has 0 spiro atoms. The first-order valence-corrected chi connectivity index (χ1v) is 10.2. The number of thiophene rings is 1. The number of nitrogens with zero attached hydrogens (tertiary/aromatic N) is 1. The van der Waals surface area contributed by atoms with Crippen molar-refractivity contribution in [1.82, 2.24) is 0 Å². The SMILES string of the molecule is O=C(COC([O-])=C1C=CC=CC1=NS(=O)(=O)c1cccs1)c1ccccc1. The van der Waals surface area contributed by atoms with E-state index in [1.54, 1.807) is 53.9 Å². The van der Waals surface area contributed by atoms with E-state index in [1.165, 1.54) is 18.2 Å². The number of hydrogen-bond acceptors (Lipinski definition) is 6. The third-order valence-corrected chi connectivity index (χ3v) is 6.19. The third kappa shape index (κ3) is 4.60. The minimum Gasteiger partial charge on any atom is -0.605 e. The van der Waals surface area contributed by atoms with Gasteiger partial charge >= 0.3 is 0 Å². The number of allylic oxidation sites excluding steroid dienone is 5. The van der Waals surface area contributed by atoms with Crippen LogP contribution in [0.15, 0.2) is 92.3 Å². The Balaban J connectivity index is 1.82. The van der Waals surface area contributed by atoms with Crippen LogP contribution in [0.3, 0.4) is 0 Å². The number of ketones is 1.